The average Bonchev–Trinajstić information content (AvgIpc) is 2.89. The van der Waals surface area contributed by atoms with Crippen LogP contribution in [0.4, 0.5) is 0 Å². The summed E-state index contributed by atoms with van der Waals surface area (Å²) in [7, 11) is 0. The van der Waals surface area contributed by atoms with Crippen LogP contribution < -0.4 is 0 Å². The molecule has 19 heavy (non-hydrogen) atoms. The number of aryl methyl sites for hydroxylation is 2. The molecule has 0 aromatic heterocycles. The Morgan fingerprint density at radius 2 is 1.58 bits per heavy atom. The summed E-state index contributed by atoms with van der Waals surface area (Å²) in [5, 5.41) is 0. The maximum absolute atomic E-state index is 2.40. The molecule has 0 amide bonds. The van der Waals surface area contributed by atoms with Crippen molar-refractivity contribution in [2.45, 2.75) is 39.5 Å². The first-order valence-corrected chi connectivity index (χ1v) is 7.31. The Kier molecular flexibility index (Phi) is 2.21. The van der Waals surface area contributed by atoms with Crippen LogP contribution in [0.15, 0.2) is 36.4 Å². The molecule has 4 rings (SSSR count). The summed E-state index contributed by atoms with van der Waals surface area (Å²) in [5.41, 5.74) is 9.81. The van der Waals surface area contributed by atoms with E-state index in [0.717, 1.165) is 0 Å². The Hall–Kier alpha value is -1.56. The molecule has 2 aromatic rings. The minimum atomic E-state index is 0.491. The first kappa shape index (κ1) is 11.3. The van der Waals surface area contributed by atoms with E-state index in [-0.39, 0.29) is 0 Å². The Labute approximate surface area is 115 Å². The normalized spacial score (nSPS) is 23.7. The van der Waals surface area contributed by atoms with Crippen LogP contribution in [-0.4, -0.2) is 0 Å². The molecule has 1 spiro atoms. The van der Waals surface area contributed by atoms with E-state index in [1.54, 1.807) is 22.3 Å². The van der Waals surface area contributed by atoms with Crippen molar-refractivity contribution in [2.75, 3.05) is 0 Å². The highest BCUT2D eigenvalue weighted by molar-refractivity contribution is 5.45. The predicted molar refractivity (Wildman–Crippen MR) is 79.6 cm³/mol. The van der Waals surface area contributed by atoms with Gasteiger partial charge in [-0.25, -0.2) is 0 Å². The van der Waals surface area contributed by atoms with Gasteiger partial charge in [0, 0.05) is 0 Å². The van der Waals surface area contributed by atoms with Crippen molar-refractivity contribution in [3.05, 3.63) is 69.8 Å². The molecule has 0 bridgehead atoms. The zero-order chi connectivity index (χ0) is 13.0. The Bertz CT molecular complexity index is 666. The number of benzene rings is 2. The number of fused-ring (bicyclic) bond motifs is 2. The molecule has 1 atom stereocenters. The van der Waals surface area contributed by atoms with Gasteiger partial charge in [0.2, 0.25) is 0 Å². The van der Waals surface area contributed by atoms with E-state index < -0.39 is 0 Å². The summed E-state index contributed by atoms with van der Waals surface area (Å²) < 4.78 is 0. The van der Waals surface area contributed by atoms with Gasteiger partial charge in [0.05, 0.1) is 0 Å². The van der Waals surface area contributed by atoms with E-state index >= 15 is 0 Å². The molecule has 0 radical (unpaired) electrons. The maximum Gasteiger partial charge on any atom is -0.0135 e. The summed E-state index contributed by atoms with van der Waals surface area (Å²) in [4.78, 5) is 0. The van der Waals surface area contributed by atoms with Crippen molar-refractivity contribution < 1.29 is 0 Å². The molecule has 2 aliphatic rings. The second-order valence-electron chi connectivity index (χ2n) is 6.69. The first-order chi connectivity index (χ1) is 9.15. The lowest BCUT2D eigenvalue weighted by Gasteiger charge is -2.22. The van der Waals surface area contributed by atoms with Crippen molar-refractivity contribution in [1.29, 1.82) is 0 Å². The van der Waals surface area contributed by atoms with Gasteiger partial charge in [0.1, 0.15) is 0 Å². The quantitative estimate of drug-likeness (QED) is 0.656. The highest BCUT2D eigenvalue weighted by atomic mass is 14.5. The molecule has 0 saturated heterocycles. The average molecular weight is 248 g/mol. The minimum Gasteiger partial charge on any atom is -0.0617 e. The molecular weight excluding hydrogens is 228 g/mol. The number of rotatable bonds is 0. The highest BCUT2D eigenvalue weighted by Gasteiger charge is 2.42. The summed E-state index contributed by atoms with van der Waals surface area (Å²) in [5.74, 6) is 0. The van der Waals surface area contributed by atoms with Gasteiger partial charge in [-0.3, -0.25) is 0 Å². The highest BCUT2D eigenvalue weighted by Crippen LogP contribution is 2.47. The molecule has 0 nitrogen and oxygen atoms in total. The molecule has 0 heteroatoms. The van der Waals surface area contributed by atoms with Gasteiger partial charge in [-0.1, -0.05) is 42.0 Å². The van der Waals surface area contributed by atoms with Crippen molar-refractivity contribution >= 4 is 0 Å². The molecule has 0 heterocycles. The zero-order valence-electron chi connectivity index (χ0n) is 11.8. The second kappa shape index (κ2) is 3.72. The van der Waals surface area contributed by atoms with Gasteiger partial charge in [-0.15, -0.1) is 0 Å². The standard InChI is InChI=1S/C19H20/c1-13-6-7-15-9-19(11-17(15)8-13)10-16-5-3-4-14(2)18(16)12-19/h3-8H,9-12H2,1-2H3/t19-/m1/s1. The van der Waals surface area contributed by atoms with Crippen LogP contribution >= 0.6 is 0 Å². The molecule has 0 aliphatic heterocycles. The van der Waals surface area contributed by atoms with Crippen LogP contribution in [0.5, 0.6) is 0 Å². The molecule has 2 aliphatic carbocycles. The van der Waals surface area contributed by atoms with E-state index in [2.05, 4.69) is 50.2 Å². The minimum absolute atomic E-state index is 0.491. The topological polar surface area (TPSA) is 0 Å². The largest absolute Gasteiger partial charge is 0.0617 e. The van der Waals surface area contributed by atoms with Crippen LogP contribution in [0.1, 0.15) is 33.4 Å². The van der Waals surface area contributed by atoms with Crippen LogP contribution in [0.3, 0.4) is 0 Å². The monoisotopic (exact) mass is 248 g/mol. The van der Waals surface area contributed by atoms with E-state index in [4.69, 9.17) is 0 Å². The third kappa shape index (κ3) is 1.66. The van der Waals surface area contributed by atoms with Crippen molar-refractivity contribution in [1.82, 2.24) is 0 Å². The predicted octanol–water partition coefficient (Wildman–Crippen LogP) is 4.19. The maximum atomic E-state index is 2.40. The van der Waals surface area contributed by atoms with Crippen molar-refractivity contribution in [2.24, 2.45) is 5.41 Å². The molecular formula is C19H20. The van der Waals surface area contributed by atoms with E-state index in [1.165, 1.54) is 36.8 Å². The molecule has 0 unspecified atom stereocenters. The zero-order valence-corrected chi connectivity index (χ0v) is 11.8. The van der Waals surface area contributed by atoms with Crippen LogP contribution in [0.25, 0.3) is 0 Å². The van der Waals surface area contributed by atoms with E-state index in [0.29, 0.717) is 5.41 Å². The number of hydrogen-bond donors (Lipinski definition) is 0. The molecule has 96 valence electrons. The van der Waals surface area contributed by atoms with Crippen molar-refractivity contribution in [3.8, 4) is 0 Å². The number of hydrogen-bond acceptors (Lipinski definition) is 0. The van der Waals surface area contributed by atoms with Gasteiger partial charge >= 0.3 is 0 Å². The fourth-order valence-electron chi connectivity index (χ4n) is 4.24. The van der Waals surface area contributed by atoms with Crippen LogP contribution in [0, 0.1) is 19.3 Å². The Morgan fingerprint density at radius 3 is 2.42 bits per heavy atom. The first-order valence-electron chi connectivity index (χ1n) is 7.31. The van der Waals surface area contributed by atoms with Crippen molar-refractivity contribution in [3.63, 3.8) is 0 Å². The lowest BCUT2D eigenvalue weighted by Crippen LogP contribution is -2.21. The van der Waals surface area contributed by atoms with Crippen LogP contribution in [-0.2, 0) is 25.7 Å². The van der Waals surface area contributed by atoms with Gasteiger partial charge < -0.3 is 0 Å². The summed E-state index contributed by atoms with van der Waals surface area (Å²) in [6, 6.07) is 13.9. The van der Waals surface area contributed by atoms with Gasteiger partial charge in [-0.2, -0.15) is 0 Å². The van der Waals surface area contributed by atoms with Gasteiger partial charge in [-0.05, 0) is 72.8 Å². The van der Waals surface area contributed by atoms with Gasteiger partial charge in [0.15, 0.2) is 0 Å². The van der Waals surface area contributed by atoms with E-state index in [1.807, 2.05) is 0 Å². The molecule has 0 N–H and O–H groups in total. The second-order valence-corrected chi connectivity index (χ2v) is 6.69. The third-order valence-corrected chi connectivity index (χ3v) is 5.12. The molecule has 0 fully saturated rings. The lowest BCUT2D eigenvalue weighted by molar-refractivity contribution is 0.326. The van der Waals surface area contributed by atoms with E-state index in [9.17, 15) is 0 Å². The smallest absolute Gasteiger partial charge is 0.0135 e. The molecule has 0 saturated carbocycles. The fraction of sp³-hybridized carbons (Fsp3) is 0.368. The Balaban J connectivity index is 1.72. The fourth-order valence-corrected chi connectivity index (χ4v) is 4.24. The summed E-state index contributed by atoms with van der Waals surface area (Å²) in [6.07, 6.45) is 5.11. The summed E-state index contributed by atoms with van der Waals surface area (Å²) >= 11 is 0. The molecule has 2 aromatic carbocycles. The third-order valence-electron chi connectivity index (χ3n) is 5.12. The Morgan fingerprint density at radius 1 is 0.789 bits per heavy atom. The lowest BCUT2D eigenvalue weighted by atomic mass is 9.81. The van der Waals surface area contributed by atoms with Gasteiger partial charge in [0.25, 0.3) is 0 Å². The summed E-state index contributed by atoms with van der Waals surface area (Å²) in [6.45, 7) is 4.48. The van der Waals surface area contributed by atoms with Crippen LogP contribution in [0.2, 0.25) is 0 Å². The SMILES string of the molecule is Cc1ccc2c(c1)C[C@@]1(C2)Cc2cccc(C)c2C1.